The number of anilines is 1. The minimum atomic E-state index is -0.557. The first kappa shape index (κ1) is 22.5. The van der Waals surface area contributed by atoms with Gasteiger partial charge in [0.15, 0.2) is 0 Å². The third kappa shape index (κ3) is 5.40. The van der Waals surface area contributed by atoms with E-state index in [1.165, 1.54) is 24.3 Å². The van der Waals surface area contributed by atoms with Crippen LogP contribution in [-0.4, -0.2) is 22.0 Å². The molecular formula is C23H29FN2O3. The summed E-state index contributed by atoms with van der Waals surface area (Å²) in [6.45, 7) is 7.66. The van der Waals surface area contributed by atoms with Crippen LogP contribution < -0.4 is 5.32 Å². The predicted octanol–water partition coefficient (Wildman–Crippen LogP) is 5.00. The van der Waals surface area contributed by atoms with Crippen LogP contribution in [0, 0.1) is 25.6 Å². The lowest BCUT2D eigenvalue weighted by Crippen LogP contribution is -2.18. The molecule has 2 aromatic rings. The van der Waals surface area contributed by atoms with E-state index in [4.69, 9.17) is 0 Å². The van der Waals surface area contributed by atoms with Crippen molar-refractivity contribution in [1.82, 2.24) is 4.57 Å². The highest BCUT2D eigenvalue weighted by Crippen LogP contribution is 2.24. The fraction of sp³-hybridized carbons (Fsp3) is 0.435. The van der Waals surface area contributed by atoms with Gasteiger partial charge >= 0.3 is 0 Å². The zero-order chi connectivity index (χ0) is 21.7. The number of halogens is 1. The number of rotatable bonds is 9. The number of nitrogens with one attached hydrogen (secondary N) is 1. The number of benzene rings is 1. The monoisotopic (exact) mass is 400 g/mol. The zero-order valence-corrected chi connectivity index (χ0v) is 17.8. The van der Waals surface area contributed by atoms with Gasteiger partial charge < -0.3 is 9.88 Å². The molecule has 1 heterocycles. The maximum Gasteiger partial charge on any atom is 0.257 e. The van der Waals surface area contributed by atoms with Crippen molar-refractivity contribution in [2.45, 2.75) is 53.4 Å². The average Bonchev–Trinajstić information content (AvgIpc) is 2.88. The van der Waals surface area contributed by atoms with Gasteiger partial charge in [0.05, 0.1) is 11.3 Å². The van der Waals surface area contributed by atoms with Crippen LogP contribution >= 0.6 is 0 Å². The van der Waals surface area contributed by atoms with Gasteiger partial charge in [0.25, 0.3) is 5.91 Å². The highest BCUT2D eigenvalue weighted by atomic mass is 19.1. The number of ketones is 2. The third-order valence-electron chi connectivity index (χ3n) is 5.16. The summed E-state index contributed by atoms with van der Waals surface area (Å²) in [5, 5.41) is 2.71. The Morgan fingerprint density at radius 2 is 1.69 bits per heavy atom. The van der Waals surface area contributed by atoms with E-state index in [0.717, 1.165) is 12.8 Å². The molecule has 0 aliphatic heterocycles. The van der Waals surface area contributed by atoms with Gasteiger partial charge in [-0.1, -0.05) is 26.7 Å². The van der Waals surface area contributed by atoms with Crippen LogP contribution in [0.2, 0.25) is 0 Å². The fourth-order valence-corrected chi connectivity index (χ4v) is 3.44. The largest absolute Gasteiger partial charge is 0.344 e. The highest BCUT2D eigenvalue weighted by Gasteiger charge is 2.28. The van der Waals surface area contributed by atoms with E-state index in [1.54, 1.807) is 25.5 Å². The van der Waals surface area contributed by atoms with Crippen molar-refractivity contribution in [3.63, 3.8) is 0 Å². The Morgan fingerprint density at radius 1 is 1.07 bits per heavy atom. The quantitative estimate of drug-likeness (QED) is 0.366. The molecule has 2 rings (SSSR count). The summed E-state index contributed by atoms with van der Waals surface area (Å²) in [6.07, 6.45) is 2.83. The standard InChI is InChI=1S/C23H29FN2O3/c1-14(2)8-6-7-9-19(27)22(28)21-15(3)20(16(4)26(21)5)23(29)25-18-12-10-17(24)11-13-18/h10-14H,6-9H2,1-5H3,(H,25,29). The van der Waals surface area contributed by atoms with E-state index < -0.39 is 23.3 Å². The lowest BCUT2D eigenvalue weighted by Gasteiger charge is -2.06. The maximum atomic E-state index is 13.1. The maximum absolute atomic E-state index is 13.1. The van der Waals surface area contributed by atoms with Crippen molar-refractivity contribution in [2.75, 3.05) is 5.32 Å². The lowest BCUT2D eigenvalue weighted by molar-refractivity contribution is -0.115. The summed E-state index contributed by atoms with van der Waals surface area (Å²) in [4.78, 5) is 37.9. The molecule has 0 aliphatic rings. The van der Waals surface area contributed by atoms with Crippen molar-refractivity contribution >= 4 is 23.2 Å². The van der Waals surface area contributed by atoms with Crippen LogP contribution in [0.4, 0.5) is 10.1 Å². The molecule has 5 nitrogen and oxygen atoms in total. The summed E-state index contributed by atoms with van der Waals surface area (Å²) in [6, 6.07) is 5.45. The average molecular weight is 400 g/mol. The molecule has 0 unspecified atom stereocenters. The summed E-state index contributed by atoms with van der Waals surface area (Å²) in [5.74, 6) is -1.21. The first-order valence-electron chi connectivity index (χ1n) is 9.93. The predicted molar refractivity (Wildman–Crippen MR) is 112 cm³/mol. The van der Waals surface area contributed by atoms with Crippen LogP contribution in [0.5, 0.6) is 0 Å². The van der Waals surface area contributed by atoms with Gasteiger partial charge in [-0.2, -0.15) is 0 Å². The van der Waals surface area contributed by atoms with E-state index in [2.05, 4.69) is 19.2 Å². The second-order valence-electron chi connectivity index (χ2n) is 7.85. The van der Waals surface area contributed by atoms with E-state index in [-0.39, 0.29) is 12.1 Å². The Morgan fingerprint density at radius 3 is 2.28 bits per heavy atom. The third-order valence-corrected chi connectivity index (χ3v) is 5.16. The molecule has 29 heavy (non-hydrogen) atoms. The number of Topliss-reactive ketones (excluding diaryl/α,β-unsaturated/α-hetero) is 2. The minimum absolute atomic E-state index is 0.215. The van der Waals surface area contributed by atoms with Crippen LogP contribution in [-0.2, 0) is 11.8 Å². The topological polar surface area (TPSA) is 68.2 Å². The molecule has 0 saturated heterocycles. The molecule has 0 bridgehead atoms. The van der Waals surface area contributed by atoms with Gasteiger partial charge in [0.1, 0.15) is 5.82 Å². The van der Waals surface area contributed by atoms with E-state index in [9.17, 15) is 18.8 Å². The van der Waals surface area contributed by atoms with E-state index in [1.807, 2.05) is 0 Å². The number of nitrogens with zero attached hydrogens (tertiary/aromatic N) is 1. The minimum Gasteiger partial charge on any atom is -0.344 e. The SMILES string of the molecule is Cc1c(C(=O)Nc2ccc(F)cc2)c(C)n(C)c1C(=O)C(=O)CCCCC(C)C. The second kappa shape index (κ2) is 9.63. The van der Waals surface area contributed by atoms with Gasteiger partial charge in [-0.15, -0.1) is 0 Å². The molecule has 0 fully saturated rings. The molecule has 0 aliphatic carbocycles. The van der Waals surface area contributed by atoms with Crippen LogP contribution in [0.1, 0.15) is 71.6 Å². The summed E-state index contributed by atoms with van der Waals surface area (Å²) < 4.78 is 14.7. The molecule has 0 radical (unpaired) electrons. The molecule has 0 spiro atoms. The molecular weight excluding hydrogens is 371 g/mol. The first-order chi connectivity index (χ1) is 13.6. The van der Waals surface area contributed by atoms with Gasteiger partial charge in [-0.05, 0) is 56.0 Å². The summed E-state index contributed by atoms with van der Waals surface area (Å²) in [7, 11) is 1.68. The number of carbonyl (C=O) groups excluding carboxylic acids is 3. The number of hydrogen-bond acceptors (Lipinski definition) is 3. The molecule has 0 atom stereocenters. The van der Waals surface area contributed by atoms with Gasteiger partial charge in [-0.25, -0.2) is 4.39 Å². The van der Waals surface area contributed by atoms with E-state index >= 15 is 0 Å². The Hall–Kier alpha value is -2.76. The molecule has 0 saturated carbocycles. The van der Waals surface area contributed by atoms with E-state index in [0.29, 0.717) is 34.8 Å². The Kier molecular flexibility index (Phi) is 7.48. The van der Waals surface area contributed by atoms with Crippen LogP contribution in [0.25, 0.3) is 0 Å². The molecule has 1 N–H and O–H groups in total. The van der Waals surface area contributed by atoms with Crippen molar-refractivity contribution in [2.24, 2.45) is 13.0 Å². The summed E-state index contributed by atoms with van der Waals surface area (Å²) >= 11 is 0. The number of amides is 1. The Bertz CT molecular complexity index is 911. The lowest BCUT2D eigenvalue weighted by atomic mass is 10.0. The fourth-order valence-electron chi connectivity index (χ4n) is 3.44. The Balaban J connectivity index is 2.18. The number of aromatic nitrogens is 1. The zero-order valence-electron chi connectivity index (χ0n) is 17.8. The molecule has 6 heteroatoms. The van der Waals surface area contributed by atoms with Crippen LogP contribution in [0.3, 0.4) is 0 Å². The number of unbranched alkanes of at least 4 members (excludes halogenated alkanes) is 1. The smallest absolute Gasteiger partial charge is 0.257 e. The van der Waals surface area contributed by atoms with Gasteiger partial charge in [0, 0.05) is 24.8 Å². The van der Waals surface area contributed by atoms with Gasteiger partial charge in [-0.3, -0.25) is 14.4 Å². The van der Waals surface area contributed by atoms with Crippen LogP contribution in [0.15, 0.2) is 24.3 Å². The molecule has 1 aromatic carbocycles. The number of hydrogen-bond donors (Lipinski definition) is 1. The molecule has 1 aromatic heterocycles. The Labute approximate surface area is 171 Å². The van der Waals surface area contributed by atoms with Crippen molar-refractivity contribution < 1.29 is 18.8 Å². The molecule has 156 valence electrons. The van der Waals surface area contributed by atoms with Crippen molar-refractivity contribution in [3.05, 3.63) is 52.6 Å². The highest BCUT2D eigenvalue weighted by molar-refractivity contribution is 6.43. The number of carbonyl (C=O) groups is 3. The normalized spacial score (nSPS) is 11.0. The van der Waals surface area contributed by atoms with Crippen molar-refractivity contribution in [1.29, 1.82) is 0 Å². The summed E-state index contributed by atoms with van der Waals surface area (Å²) in [5.41, 5.74) is 2.13. The second-order valence-corrected chi connectivity index (χ2v) is 7.85. The first-order valence-corrected chi connectivity index (χ1v) is 9.93. The van der Waals surface area contributed by atoms with Gasteiger partial charge in [0.2, 0.25) is 11.6 Å². The van der Waals surface area contributed by atoms with Crippen molar-refractivity contribution in [3.8, 4) is 0 Å². The molecule has 1 amide bonds.